The number of rotatable bonds is 6. The Morgan fingerprint density at radius 3 is 2.82 bits per heavy atom. The van der Waals surface area contributed by atoms with Crippen molar-refractivity contribution in [1.82, 2.24) is 15.3 Å². The quantitative estimate of drug-likeness (QED) is 0.482. The van der Waals surface area contributed by atoms with E-state index < -0.39 is 0 Å². The predicted octanol–water partition coefficient (Wildman–Crippen LogP) is 4.75. The lowest BCUT2D eigenvalue weighted by Crippen LogP contribution is -2.23. The van der Waals surface area contributed by atoms with Crippen LogP contribution in [0, 0.1) is 6.92 Å². The molecule has 2 heterocycles. The maximum atomic E-state index is 12.4. The third-order valence-electron chi connectivity index (χ3n) is 4.31. The van der Waals surface area contributed by atoms with Crippen LogP contribution in [0.2, 0.25) is 0 Å². The first kappa shape index (κ1) is 18.3. The second-order valence-electron chi connectivity index (χ2n) is 6.39. The summed E-state index contributed by atoms with van der Waals surface area (Å²) in [5.74, 6) is 0.558. The van der Waals surface area contributed by atoms with E-state index in [0.29, 0.717) is 23.1 Å². The number of aromatic nitrogens is 2. The van der Waals surface area contributed by atoms with Crippen LogP contribution in [0.1, 0.15) is 27.2 Å². The van der Waals surface area contributed by atoms with Gasteiger partial charge in [-0.05, 0) is 48.4 Å². The molecule has 0 fully saturated rings. The SMILES string of the molecule is Cc1cccc2oc(SCc3cccc(C(=O)NCc4ccccn4)c3)nc12. The van der Waals surface area contributed by atoms with Gasteiger partial charge < -0.3 is 9.73 Å². The topological polar surface area (TPSA) is 68.0 Å². The van der Waals surface area contributed by atoms with E-state index >= 15 is 0 Å². The Balaban J connectivity index is 1.40. The number of thioether (sulfide) groups is 1. The molecule has 0 aliphatic rings. The first-order chi connectivity index (χ1) is 13.7. The van der Waals surface area contributed by atoms with Crippen LogP contribution in [-0.2, 0) is 12.3 Å². The molecule has 0 spiro atoms. The van der Waals surface area contributed by atoms with E-state index in [1.165, 1.54) is 11.8 Å². The largest absolute Gasteiger partial charge is 0.431 e. The van der Waals surface area contributed by atoms with Crippen molar-refractivity contribution >= 4 is 28.8 Å². The number of nitrogens with zero attached hydrogens (tertiary/aromatic N) is 2. The van der Waals surface area contributed by atoms with Crippen LogP contribution in [0.5, 0.6) is 0 Å². The molecule has 0 unspecified atom stereocenters. The molecule has 1 amide bonds. The smallest absolute Gasteiger partial charge is 0.257 e. The zero-order chi connectivity index (χ0) is 19.3. The summed E-state index contributed by atoms with van der Waals surface area (Å²) in [5, 5.41) is 3.53. The van der Waals surface area contributed by atoms with E-state index in [0.717, 1.165) is 27.9 Å². The van der Waals surface area contributed by atoms with Gasteiger partial charge in [0.25, 0.3) is 11.1 Å². The number of para-hydroxylation sites is 1. The van der Waals surface area contributed by atoms with Gasteiger partial charge in [-0.3, -0.25) is 9.78 Å². The lowest BCUT2D eigenvalue weighted by atomic mass is 10.1. The zero-order valence-electron chi connectivity index (χ0n) is 15.4. The Hall–Kier alpha value is -3.12. The summed E-state index contributed by atoms with van der Waals surface area (Å²) in [6.07, 6.45) is 1.72. The molecule has 2 aromatic heterocycles. The van der Waals surface area contributed by atoms with Crippen LogP contribution >= 0.6 is 11.8 Å². The third-order valence-corrected chi connectivity index (χ3v) is 5.21. The molecule has 0 radical (unpaired) electrons. The number of pyridine rings is 1. The van der Waals surface area contributed by atoms with Crippen molar-refractivity contribution in [3.8, 4) is 0 Å². The fourth-order valence-electron chi connectivity index (χ4n) is 2.85. The van der Waals surface area contributed by atoms with Crippen molar-refractivity contribution in [2.45, 2.75) is 24.4 Å². The number of oxazole rings is 1. The second-order valence-corrected chi connectivity index (χ2v) is 7.32. The highest BCUT2D eigenvalue weighted by atomic mass is 32.2. The lowest BCUT2D eigenvalue weighted by Gasteiger charge is -2.06. The molecule has 4 rings (SSSR count). The van der Waals surface area contributed by atoms with E-state index in [1.807, 2.05) is 67.6 Å². The van der Waals surface area contributed by atoms with E-state index in [-0.39, 0.29) is 5.91 Å². The van der Waals surface area contributed by atoms with Crippen LogP contribution in [0.3, 0.4) is 0 Å². The van der Waals surface area contributed by atoms with Gasteiger partial charge in [0, 0.05) is 17.5 Å². The van der Waals surface area contributed by atoms with Crippen molar-refractivity contribution in [1.29, 1.82) is 0 Å². The summed E-state index contributed by atoms with van der Waals surface area (Å²) in [6.45, 7) is 2.42. The van der Waals surface area contributed by atoms with Crippen LogP contribution in [0.25, 0.3) is 11.1 Å². The highest BCUT2D eigenvalue weighted by molar-refractivity contribution is 7.98. The minimum absolute atomic E-state index is 0.116. The van der Waals surface area contributed by atoms with Crippen molar-refractivity contribution in [2.24, 2.45) is 0 Å². The molecular formula is C22H19N3O2S. The number of nitrogens with one attached hydrogen (secondary N) is 1. The van der Waals surface area contributed by atoms with Crippen LogP contribution in [-0.4, -0.2) is 15.9 Å². The average molecular weight is 389 g/mol. The highest BCUT2D eigenvalue weighted by Crippen LogP contribution is 2.27. The molecule has 4 aromatic rings. The molecule has 0 aliphatic heterocycles. The van der Waals surface area contributed by atoms with Gasteiger partial charge in [0.15, 0.2) is 5.58 Å². The van der Waals surface area contributed by atoms with Gasteiger partial charge in [0.2, 0.25) is 0 Å². The van der Waals surface area contributed by atoms with Gasteiger partial charge in [-0.2, -0.15) is 0 Å². The summed E-state index contributed by atoms with van der Waals surface area (Å²) in [6, 6.07) is 19.1. The van der Waals surface area contributed by atoms with Gasteiger partial charge in [-0.15, -0.1) is 0 Å². The number of aryl methyl sites for hydroxylation is 1. The normalized spacial score (nSPS) is 10.9. The average Bonchev–Trinajstić information content (AvgIpc) is 3.16. The number of hydrogen-bond donors (Lipinski definition) is 1. The molecule has 0 aliphatic carbocycles. The van der Waals surface area contributed by atoms with Crippen molar-refractivity contribution in [3.63, 3.8) is 0 Å². The summed E-state index contributed by atoms with van der Waals surface area (Å²) in [5.41, 5.74) is 5.28. The molecule has 140 valence electrons. The molecule has 5 nitrogen and oxygen atoms in total. The molecular weight excluding hydrogens is 370 g/mol. The summed E-state index contributed by atoms with van der Waals surface area (Å²) in [7, 11) is 0. The van der Waals surface area contributed by atoms with Crippen LogP contribution in [0.15, 0.2) is 76.5 Å². The Morgan fingerprint density at radius 2 is 2.00 bits per heavy atom. The van der Waals surface area contributed by atoms with Crippen LogP contribution in [0.4, 0.5) is 0 Å². The highest BCUT2D eigenvalue weighted by Gasteiger charge is 2.10. The number of fused-ring (bicyclic) bond motifs is 1. The minimum atomic E-state index is -0.116. The van der Waals surface area contributed by atoms with E-state index in [2.05, 4.69) is 15.3 Å². The second kappa shape index (κ2) is 8.27. The fourth-order valence-corrected chi connectivity index (χ4v) is 3.62. The molecule has 0 bridgehead atoms. The van der Waals surface area contributed by atoms with Gasteiger partial charge in [-0.25, -0.2) is 4.98 Å². The van der Waals surface area contributed by atoms with E-state index in [9.17, 15) is 4.79 Å². The maximum absolute atomic E-state index is 12.4. The number of amides is 1. The molecule has 2 aromatic carbocycles. The van der Waals surface area contributed by atoms with E-state index in [4.69, 9.17) is 4.42 Å². The maximum Gasteiger partial charge on any atom is 0.257 e. The Labute approximate surface area is 167 Å². The van der Waals surface area contributed by atoms with Crippen molar-refractivity contribution in [2.75, 3.05) is 0 Å². The van der Waals surface area contributed by atoms with Crippen molar-refractivity contribution < 1.29 is 9.21 Å². The van der Waals surface area contributed by atoms with Crippen molar-refractivity contribution in [3.05, 3.63) is 89.2 Å². The molecule has 0 saturated heterocycles. The molecule has 0 saturated carbocycles. The molecule has 1 N–H and O–H groups in total. The van der Waals surface area contributed by atoms with Gasteiger partial charge in [-0.1, -0.05) is 42.1 Å². The van der Waals surface area contributed by atoms with E-state index in [1.54, 1.807) is 6.20 Å². The standard InChI is InChI=1S/C22H19N3O2S/c1-15-6-4-10-19-20(15)25-22(27-19)28-14-16-7-5-8-17(12-16)21(26)24-13-18-9-2-3-11-23-18/h2-12H,13-14H2,1H3,(H,24,26). The Morgan fingerprint density at radius 1 is 1.11 bits per heavy atom. The number of carbonyl (C=O) groups excluding carboxylic acids is 1. The predicted molar refractivity (Wildman–Crippen MR) is 110 cm³/mol. The summed E-state index contributed by atoms with van der Waals surface area (Å²) in [4.78, 5) is 21.2. The minimum Gasteiger partial charge on any atom is -0.431 e. The lowest BCUT2D eigenvalue weighted by molar-refractivity contribution is 0.0950. The first-order valence-corrected chi connectivity index (χ1v) is 9.93. The Kier molecular flexibility index (Phi) is 5.39. The fraction of sp³-hybridized carbons (Fsp3) is 0.136. The summed E-state index contributed by atoms with van der Waals surface area (Å²) < 4.78 is 5.80. The number of carbonyl (C=O) groups is 1. The number of benzene rings is 2. The number of hydrogen-bond acceptors (Lipinski definition) is 5. The Bertz CT molecular complexity index is 1110. The molecule has 0 atom stereocenters. The monoisotopic (exact) mass is 389 g/mol. The van der Waals surface area contributed by atoms with Gasteiger partial charge in [0.1, 0.15) is 5.52 Å². The zero-order valence-corrected chi connectivity index (χ0v) is 16.2. The van der Waals surface area contributed by atoms with Crippen LogP contribution < -0.4 is 5.32 Å². The summed E-state index contributed by atoms with van der Waals surface area (Å²) >= 11 is 1.52. The van der Waals surface area contributed by atoms with Gasteiger partial charge in [0.05, 0.1) is 12.2 Å². The molecule has 28 heavy (non-hydrogen) atoms. The van der Waals surface area contributed by atoms with Gasteiger partial charge >= 0.3 is 0 Å². The molecule has 6 heteroatoms. The first-order valence-electron chi connectivity index (χ1n) is 8.95. The third kappa shape index (κ3) is 4.23.